The SMILES string of the molecule is COC(=O)[C@H](Cc1cccc2c(-c3c(C(F)(F)F)ccn(C)c3=O)ccnc12)NC(=O)OC(C)(C)C. The highest BCUT2D eigenvalue weighted by Gasteiger charge is 2.36. The van der Waals surface area contributed by atoms with E-state index in [1.165, 1.54) is 19.3 Å². The fourth-order valence-corrected chi connectivity index (χ4v) is 3.75. The Morgan fingerprint density at radius 2 is 1.83 bits per heavy atom. The molecule has 0 aliphatic rings. The summed E-state index contributed by atoms with van der Waals surface area (Å²) in [6, 6.07) is 5.78. The van der Waals surface area contributed by atoms with E-state index in [1.54, 1.807) is 39.0 Å². The van der Waals surface area contributed by atoms with Crippen LogP contribution in [-0.4, -0.2) is 40.4 Å². The summed E-state index contributed by atoms with van der Waals surface area (Å²) in [5, 5.41) is 2.75. The Kier molecular flexibility index (Phi) is 7.42. The second-order valence-corrected chi connectivity index (χ2v) is 9.12. The lowest BCUT2D eigenvalue weighted by Gasteiger charge is -2.23. The lowest BCUT2D eigenvalue weighted by atomic mass is 9.95. The zero-order chi connectivity index (χ0) is 26.8. The molecule has 0 bridgehead atoms. The molecule has 1 amide bonds. The smallest absolute Gasteiger partial charge is 0.417 e. The molecule has 2 heterocycles. The van der Waals surface area contributed by atoms with Gasteiger partial charge >= 0.3 is 18.2 Å². The van der Waals surface area contributed by atoms with Crippen LogP contribution >= 0.6 is 0 Å². The molecule has 0 spiro atoms. The number of halogens is 3. The average Bonchev–Trinajstić information content (AvgIpc) is 2.77. The number of carbonyl (C=O) groups excluding carboxylic acids is 2. The van der Waals surface area contributed by atoms with Gasteiger partial charge in [0.15, 0.2) is 0 Å². The van der Waals surface area contributed by atoms with Crippen molar-refractivity contribution in [3.63, 3.8) is 0 Å². The first-order valence-corrected chi connectivity index (χ1v) is 10.9. The molecular formula is C25H26F3N3O5. The van der Waals surface area contributed by atoms with Crippen molar-refractivity contribution in [1.82, 2.24) is 14.9 Å². The third kappa shape index (κ3) is 5.84. The summed E-state index contributed by atoms with van der Waals surface area (Å²) in [7, 11) is 2.53. The van der Waals surface area contributed by atoms with Gasteiger partial charge in [0.1, 0.15) is 11.6 Å². The second kappa shape index (κ2) is 10.00. The summed E-state index contributed by atoms with van der Waals surface area (Å²) in [6.45, 7) is 5.00. The van der Waals surface area contributed by atoms with Gasteiger partial charge < -0.3 is 19.4 Å². The van der Waals surface area contributed by atoms with Crippen molar-refractivity contribution < 1.29 is 32.2 Å². The number of hydrogen-bond acceptors (Lipinski definition) is 6. The number of benzene rings is 1. The van der Waals surface area contributed by atoms with Gasteiger partial charge in [-0.25, -0.2) is 9.59 Å². The van der Waals surface area contributed by atoms with Crippen LogP contribution < -0.4 is 10.9 Å². The van der Waals surface area contributed by atoms with Gasteiger partial charge in [-0.05, 0) is 44.0 Å². The Hall–Kier alpha value is -3.89. The molecule has 36 heavy (non-hydrogen) atoms. The Balaban J connectivity index is 2.12. The Bertz CT molecular complexity index is 1360. The van der Waals surface area contributed by atoms with Crippen LogP contribution in [0, 0.1) is 0 Å². The number of alkyl carbamates (subject to hydrolysis) is 1. The number of fused-ring (bicyclic) bond motifs is 1. The lowest BCUT2D eigenvalue weighted by molar-refractivity contribution is -0.143. The lowest BCUT2D eigenvalue weighted by Crippen LogP contribution is -2.45. The van der Waals surface area contributed by atoms with Crippen molar-refractivity contribution in [2.45, 2.75) is 45.0 Å². The normalized spacial score (nSPS) is 12.8. The maximum atomic E-state index is 13.8. The molecule has 0 unspecified atom stereocenters. The first-order valence-electron chi connectivity index (χ1n) is 10.9. The van der Waals surface area contributed by atoms with Gasteiger partial charge in [-0.15, -0.1) is 0 Å². The molecule has 1 aromatic carbocycles. The number of rotatable bonds is 5. The molecule has 8 nitrogen and oxygen atoms in total. The van der Waals surface area contributed by atoms with Crippen LogP contribution in [0.25, 0.3) is 22.0 Å². The number of carbonyl (C=O) groups is 2. The van der Waals surface area contributed by atoms with Crippen LogP contribution in [-0.2, 0) is 33.9 Å². The molecule has 1 N–H and O–H groups in total. The zero-order valence-corrected chi connectivity index (χ0v) is 20.4. The molecule has 0 aliphatic carbocycles. The third-order valence-electron chi connectivity index (χ3n) is 5.30. The fraction of sp³-hybridized carbons (Fsp3) is 0.360. The van der Waals surface area contributed by atoms with E-state index in [9.17, 15) is 27.6 Å². The summed E-state index contributed by atoms with van der Waals surface area (Å²) in [6.07, 6.45) is -3.33. The zero-order valence-electron chi connectivity index (χ0n) is 20.4. The largest absolute Gasteiger partial charge is 0.467 e. The Morgan fingerprint density at radius 3 is 2.44 bits per heavy atom. The van der Waals surface area contributed by atoms with E-state index in [1.807, 2.05) is 0 Å². The number of methoxy groups -OCH3 is 1. The van der Waals surface area contributed by atoms with E-state index in [-0.39, 0.29) is 22.9 Å². The maximum Gasteiger partial charge on any atom is 0.417 e. The van der Waals surface area contributed by atoms with Crippen LogP contribution in [0.2, 0.25) is 0 Å². The van der Waals surface area contributed by atoms with E-state index < -0.39 is 46.6 Å². The molecule has 3 aromatic rings. The van der Waals surface area contributed by atoms with Crippen molar-refractivity contribution >= 4 is 23.0 Å². The van der Waals surface area contributed by atoms with E-state index in [4.69, 9.17) is 9.47 Å². The first-order chi connectivity index (χ1) is 16.7. The molecule has 2 aromatic heterocycles. The predicted octanol–water partition coefficient (Wildman–Crippen LogP) is 4.23. The van der Waals surface area contributed by atoms with Crippen molar-refractivity contribution in [1.29, 1.82) is 0 Å². The molecule has 3 rings (SSSR count). The third-order valence-corrected chi connectivity index (χ3v) is 5.30. The number of aryl methyl sites for hydroxylation is 1. The van der Waals surface area contributed by atoms with Crippen LogP contribution in [0.15, 0.2) is 47.5 Å². The monoisotopic (exact) mass is 505 g/mol. The number of pyridine rings is 2. The highest BCUT2D eigenvalue weighted by Crippen LogP contribution is 2.37. The van der Waals surface area contributed by atoms with Crippen molar-refractivity contribution in [2.75, 3.05) is 7.11 Å². The molecule has 1 atom stereocenters. The number of esters is 1. The van der Waals surface area contributed by atoms with Gasteiger partial charge in [0.2, 0.25) is 0 Å². The second-order valence-electron chi connectivity index (χ2n) is 9.12. The van der Waals surface area contributed by atoms with Gasteiger partial charge in [-0.3, -0.25) is 9.78 Å². The van der Waals surface area contributed by atoms with Crippen LogP contribution in [0.5, 0.6) is 0 Å². The number of hydrogen-bond donors (Lipinski definition) is 1. The van der Waals surface area contributed by atoms with Crippen molar-refractivity contribution in [3.8, 4) is 11.1 Å². The summed E-state index contributed by atoms with van der Waals surface area (Å²) in [4.78, 5) is 41.8. The number of alkyl halides is 3. The topological polar surface area (TPSA) is 99.5 Å². The van der Waals surface area contributed by atoms with Crippen molar-refractivity contribution in [2.24, 2.45) is 7.05 Å². The Labute approximate surface area is 205 Å². The van der Waals surface area contributed by atoms with E-state index in [0.717, 1.165) is 23.9 Å². The molecule has 0 saturated heterocycles. The summed E-state index contributed by atoms with van der Waals surface area (Å²) < 4.78 is 52.5. The van der Waals surface area contributed by atoms with Crippen molar-refractivity contribution in [3.05, 3.63) is 64.2 Å². The quantitative estimate of drug-likeness (QED) is 0.521. The van der Waals surface area contributed by atoms with Crippen LogP contribution in [0.4, 0.5) is 18.0 Å². The highest BCUT2D eigenvalue weighted by atomic mass is 19.4. The first kappa shape index (κ1) is 26.7. The van der Waals surface area contributed by atoms with E-state index >= 15 is 0 Å². The minimum atomic E-state index is -4.76. The number of ether oxygens (including phenoxy) is 2. The molecule has 11 heteroatoms. The number of aromatic nitrogens is 2. The molecule has 0 fully saturated rings. The minimum Gasteiger partial charge on any atom is -0.467 e. The van der Waals surface area contributed by atoms with E-state index in [2.05, 4.69) is 10.3 Å². The Morgan fingerprint density at radius 1 is 1.14 bits per heavy atom. The van der Waals surface area contributed by atoms with Crippen LogP contribution in [0.1, 0.15) is 31.9 Å². The molecule has 0 aliphatic heterocycles. The standard InChI is InChI=1S/C25H26F3N3O5/c1-24(2,3)36-23(34)30-18(22(33)35-5)13-14-7-6-8-16-15(9-11-29-20(14)16)19-17(25(26,27)28)10-12-31(4)21(19)32/h6-12,18H,13H2,1-5H3,(H,30,34)/t18-/m0/s1. The van der Waals surface area contributed by atoms with Crippen LogP contribution in [0.3, 0.4) is 0 Å². The number of amides is 1. The summed E-state index contributed by atoms with van der Waals surface area (Å²) in [5.74, 6) is -0.745. The molecule has 192 valence electrons. The van der Waals surface area contributed by atoms with E-state index in [0.29, 0.717) is 5.56 Å². The molecule has 0 saturated carbocycles. The predicted molar refractivity (Wildman–Crippen MR) is 126 cm³/mol. The number of nitrogens with one attached hydrogen (secondary N) is 1. The molecule has 0 radical (unpaired) electrons. The summed E-state index contributed by atoms with van der Waals surface area (Å²) >= 11 is 0. The molecular weight excluding hydrogens is 479 g/mol. The van der Waals surface area contributed by atoms with Gasteiger partial charge in [0, 0.05) is 31.2 Å². The maximum absolute atomic E-state index is 13.8. The van der Waals surface area contributed by atoms with Gasteiger partial charge in [-0.1, -0.05) is 18.2 Å². The summed E-state index contributed by atoms with van der Waals surface area (Å²) in [5.41, 5.74) is -2.43. The fourth-order valence-electron chi connectivity index (χ4n) is 3.75. The van der Waals surface area contributed by atoms with Gasteiger partial charge in [0.05, 0.1) is 23.8 Å². The van der Waals surface area contributed by atoms with Gasteiger partial charge in [-0.2, -0.15) is 13.2 Å². The average molecular weight is 505 g/mol. The van der Waals surface area contributed by atoms with Gasteiger partial charge in [0.25, 0.3) is 5.56 Å². The number of para-hydroxylation sites is 1. The number of nitrogens with zero attached hydrogens (tertiary/aromatic N) is 2. The minimum absolute atomic E-state index is 0.0464. The highest BCUT2D eigenvalue weighted by molar-refractivity contribution is 5.97.